The second-order valence-electron chi connectivity index (χ2n) is 5.54. The zero-order valence-corrected chi connectivity index (χ0v) is 15.8. The maximum absolute atomic E-state index is 13.5. The van der Waals surface area contributed by atoms with E-state index in [0.29, 0.717) is 32.1 Å². The number of unbranched alkanes of at least 4 members (excludes halogenated alkanes) is 1. The van der Waals surface area contributed by atoms with Crippen molar-refractivity contribution in [2.45, 2.75) is 39.3 Å². The number of rotatable bonds is 10. The van der Waals surface area contributed by atoms with Crippen molar-refractivity contribution in [2.24, 2.45) is 0 Å². The van der Waals surface area contributed by atoms with Crippen molar-refractivity contribution in [1.82, 2.24) is 0 Å². The maximum Gasteiger partial charge on any atom is 0.344 e. The van der Waals surface area contributed by atoms with Crippen LogP contribution < -0.4 is 0 Å². The summed E-state index contributed by atoms with van der Waals surface area (Å²) in [6.45, 7) is 6.34. The van der Waals surface area contributed by atoms with Crippen molar-refractivity contribution < 1.29 is 40.3 Å². The van der Waals surface area contributed by atoms with Gasteiger partial charge >= 0.3 is 14.5 Å². The summed E-state index contributed by atoms with van der Waals surface area (Å²) in [5.41, 5.74) is -1.59. The van der Waals surface area contributed by atoms with Gasteiger partial charge in [-0.3, -0.25) is 0 Å². The van der Waals surface area contributed by atoms with E-state index in [1.807, 2.05) is 20.4 Å². The first-order chi connectivity index (χ1) is 12.2. The van der Waals surface area contributed by atoms with Crippen LogP contribution in [-0.2, 0) is 13.6 Å². The molecule has 0 aliphatic rings. The molecule has 0 amide bonds. The number of halogens is 5. The Morgan fingerprint density at radius 1 is 0.846 bits per heavy atom. The topological polar surface area (TPSA) is 44.8 Å². The molecule has 0 saturated heterocycles. The van der Waals surface area contributed by atoms with Crippen LogP contribution in [0.4, 0.5) is 22.0 Å². The van der Waals surface area contributed by atoms with Crippen molar-refractivity contribution in [3.63, 3.8) is 0 Å². The Hall–Kier alpha value is -1.52. The predicted octanol–water partition coefficient (Wildman–Crippen LogP) is 4.46. The zero-order chi connectivity index (χ0) is 19.9. The molecule has 0 N–H and O–H groups in total. The Morgan fingerprint density at radius 3 is 1.77 bits per heavy atom. The van der Waals surface area contributed by atoms with Crippen LogP contribution in [0, 0.1) is 29.1 Å². The van der Waals surface area contributed by atoms with Crippen molar-refractivity contribution in [3.05, 3.63) is 34.6 Å². The van der Waals surface area contributed by atoms with Gasteiger partial charge in [-0.15, -0.1) is 0 Å². The van der Waals surface area contributed by atoms with Gasteiger partial charge in [0.05, 0.1) is 6.61 Å². The summed E-state index contributed by atoms with van der Waals surface area (Å²) >= 11 is 0. The predicted molar refractivity (Wildman–Crippen MR) is 85.4 cm³/mol. The Labute approximate surface area is 149 Å². The van der Waals surface area contributed by atoms with Crippen molar-refractivity contribution in [3.8, 4) is 0 Å². The molecule has 26 heavy (non-hydrogen) atoms. The van der Waals surface area contributed by atoms with E-state index in [0.717, 1.165) is 0 Å². The van der Waals surface area contributed by atoms with E-state index in [9.17, 15) is 26.7 Å². The standard InChI is InChI=1S/C16H21F5O4Si/c1-4-24-26(3,25-5-2)9-7-6-8-23-16(22)10-11(17)13(19)15(21)14(20)12(10)18/h4-9H2,1-3H3. The van der Waals surface area contributed by atoms with E-state index in [1.165, 1.54) is 0 Å². The lowest BCUT2D eigenvalue weighted by molar-refractivity contribution is 0.0484. The average Bonchev–Trinajstić information content (AvgIpc) is 2.58. The van der Waals surface area contributed by atoms with Crippen LogP contribution in [0.15, 0.2) is 0 Å². The van der Waals surface area contributed by atoms with E-state index in [4.69, 9.17) is 8.85 Å². The molecule has 0 aliphatic carbocycles. The van der Waals surface area contributed by atoms with Gasteiger partial charge < -0.3 is 13.6 Å². The van der Waals surface area contributed by atoms with E-state index in [-0.39, 0.29) is 6.61 Å². The third kappa shape index (κ3) is 5.48. The lowest BCUT2D eigenvalue weighted by Gasteiger charge is -2.25. The van der Waals surface area contributed by atoms with Crippen LogP contribution in [-0.4, -0.2) is 34.4 Å². The molecule has 1 rings (SSSR count). The molecule has 0 aliphatic heterocycles. The highest BCUT2D eigenvalue weighted by atomic mass is 28.4. The first-order valence-corrected chi connectivity index (χ1v) is 10.7. The molecule has 0 bridgehead atoms. The van der Waals surface area contributed by atoms with Crippen molar-refractivity contribution >= 4 is 14.5 Å². The minimum absolute atomic E-state index is 0.235. The molecule has 1 aromatic rings. The second-order valence-corrected chi connectivity index (χ2v) is 8.88. The van der Waals surface area contributed by atoms with Crippen LogP contribution in [0.2, 0.25) is 12.6 Å². The van der Waals surface area contributed by atoms with Gasteiger partial charge in [-0.1, -0.05) is 0 Å². The second kappa shape index (κ2) is 9.98. The Balaban J connectivity index is 2.61. The molecule has 0 atom stereocenters. The summed E-state index contributed by atoms with van der Waals surface area (Å²) in [4.78, 5) is 11.7. The summed E-state index contributed by atoms with van der Waals surface area (Å²) in [7, 11) is -2.33. The van der Waals surface area contributed by atoms with Crippen molar-refractivity contribution in [1.29, 1.82) is 0 Å². The average molecular weight is 400 g/mol. The minimum Gasteiger partial charge on any atom is -0.462 e. The summed E-state index contributed by atoms with van der Waals surface area (Å²) in [5, 5.41) is 0. The molecular formula is C16H21F5O4Si. The molecular weight excluding hydrogens is 379 g/mol. The van der Waals surface area contributed by atoms with Gasteiger partial charge in [0.15, 0.2) is 23.3 Å². The fourth-order valence-corrected chi connectivity index (χ4v) is 4.85. The molecule has 148 valence electrons. The van der Waals surface area contributed by atoms with Gasteiger partial charge in [-0.25, -0.2) is 26.7 Å². The van der Waals surface area contributed by atoms with Gasteiger partial charge in [-0.2, -0.15) is 0 Å². The highest BCUT2D eigenvalue weighted by Gasteiger charge is 2.31. The van der Waals surface area contributed by atoms with E-state index < -0.39 is 49.2 Å². The van der Waals surface area contributed by atoms with Crippen molar-refractivity contribution in [2.75, 3.05) is 19.8 Å². The maximum atomic E-state index is 13.5. The summed E-state index contributed by atoms with van der Waals surface area (Å²) in [6.07, 6.45) is 0.872. The molecule has 0 heterocycles. The molecule has 1 aromatic carbocycles. The molecule has 0 spiro atoms. The number of hydrogen-bond acceptors (Lipinski definition) is 4. The Kier molecular flexibility index (Phi) is 8.64. The fraction of sp³-hybridized carbons (Fsp3) is 0.562. The first-order valence-electron chi connectivity index (χ1n) is 8.15. The number of ether oxygens (including phenoxy) is 1. The van der Waals surface area contributed by atoms with Gasteiger partial charge in [-0.05, 0) is 39.3 Å². The SMILES string of the molecule is CCO[Si](C)(CCCCOC(=O)c1c(F)c(F)c(F)c(F)c1F)OCC. The molecule has 0 unspecified atom stereocenters. The number of carbonyl (C=O) groups is 1. The fourth-order valence-electron chi connectivity index (χ4n) is 2.37. The monoisotopic (exact) mass is 400 g/mol. The number of esters is 1. The highest BCUT2D eigenvalue weighted by Crippen LogP contribution is 2.24. The quantitative estimate of drug-likeness (QED) is 0.145. The minimum atomic E-state index is -2.33. The Morgan fingerprint density at radius 2 is 1.31 bits per heavy atom. The lowest BCUT2D eigenvalue weighted by Crippen LogP contribution is -2.38. The largest absolute Gasteiger partial charge is 0.462 e. The Bertz CT molecular complexity index is 607. The molecule has 0 saturated carbocycles. The number of benzene rings is 1. The van der Waals surface area contributed by atoms with E-state index in [2.05, 4.69) is 4.74 Å². The highest BCUT2D eigenvalue weighted by molar-refractivity contribution is 6.66. The van der Waals surface area contributed by atoms with Crippen LogP contribution in [0.5, 0.6) is 0 Å². The van der Waals surface area contributed by atoms with Gasteiger partial charge in [0.25, 0.3) is 0 Å². The number of carbonyl (C=O) groups excluding carboxylic acids is 1. The summed E-state index contributed by atoms with van der Waals surface area (Å²) in [5.74, 6) is -12.7. The molecule has 0 fully saturated rings. The zero-order valence-electron chi connectivity index (χ0n) is 14.8. The third-order valence-corrected chi connectivity index (χ3v) is 6.63. The normalized spacial score (nSPS) is 11.7. The summed E-state index contributed by atoms with van der Waals surface area (Å²) < 4.78 is 82.0. The summed E-state index contributed by atoms with van der Waals surface area (Å²) in [6, 6.07) is 0.606. The smallest absolute Gasteiger partial charge is 0.344 e. The lowest BCUT2D eigenvalue weighted by atomic mass is 10.1. The third-order valence-electron chi connectivity index (χ3n) is 3.57. The van der Waals surface area contributed by atoms with Gasteiger partial charge in [0.1, 0.15) is 5.56 Å². The van der Waals surface area contributed by atoms with E-state index >= 15 is 0 Å². The van der Waals surface area contributed by atoms with Crippen LogP contribution in [0.25, 0.3) is 0 Å². The molecule has 0 radical (unpaired) electrons. The van der Waals surface area contributed by atoms with Crippen LogP contribution >= 0.6 is 0 Å². The molecule has 10 heteroatoms. The van der Waals surface area contributed by atoms with Crippen LogP contribution in [0.1, 0.15) is 37.0 Å². The van der Waals surface area contributed by atoms with Crippen LogP contribution in [0.3, 0.4) is 0 Å². The number of hydrogen-bond donors (Lipinski definition) is 0. The molecule has 0 aromatic heterocycles. The van der Waals surface area contributed by atoms with E-state index in [1.54, 1.807) is 0 Å². The van der Waals surface area contributed by atoms with Gasteiger partial charge in [0.2, 0.25) is 5.82 Å². The molecule has 4 nitrogen and oxygen atoms in total. The van der Waals surface area contributed by atoms with Gasteiger partial charge in [0, 0.05) is 13.2 Å². The first kappa shape index (κ1) is 22.5.